The van der Waals surface area contributed by atoms with Crippen LogP contribution in [0.15, 0.2) is 60.9 Å². The van der Waals surface area contributed by atoms with Crippen LogP contribution >= 0.6 is 0 Å². The number of fused-ring (bicyclic) bond motifs is 1. The van der Waals surface area contributed by atoms with E-state index in [-0.39, 0.29) is 17.7 Å². The van der Waals surface area contributed by atoms with Gasteiger partial charge in [-0.25, -0.2) is 0 Å². The standard InChI is InChI=1S/C20H21N3O/c1-3-14(2)19(15-7-5-4-6-8-15)20(24)23-16-9-10-17-18(13-16)22-12-11-21-17/h4-14,19H,3H2,1-2H3,(H,23,24). The van der Waals surface area contributed by atoms with E-state index in [2.05, 4.69) is 29.1 Å². The fourth-order valence-corrected chi connectivity index (χ4v) is 2.90. The summed E-state index contributed by atoms with van der Waals surface area (Å²) in [6.45, 7) is 4.22. The van der Waals surface area contributed by atoms with Crippen LogP contribution in [0.5, 0.6) is 0 Å². The van der Waals surface area contributed by atoms with E-state index in [1.165, 1.54) is 0 Å². The molecule has 122 valence electrons. The van der Waals surface area contributed by atoms with Gasteiger partial charge in [0.2, 0.25) is 5.91 Å². The van der Waals surface area contributed by atoms with E-state index in [9.17, 15) is 4.79 Å². The van der Waals surface area contributed by atoms with Crippen LogP contribution in [0.25, 0.3) is 11.0 Å². The van der Waals surface area contributed by atoms with Gasteiger partial charge in [0.05, 0.1) is 17.0 Å². The van der Waals surface area contributed by atoms with E-state index < -0.39 is 0 Å². The lowest BCUT2D eigenvalue weighted by Crippen LogP contribution is -2.26. The van der Waals surface area contributed by atoms with Gasteiger partial charge in [-0.05, 0) is 29.7 Å². The number of nitrogens with one attached hydrogen (secondary N) is 1. The molecular weight excluding hydrogens is 298 g/mol. The van der Waals surface area contributed by atoms with E-state index in [4.69, 9.17) is 0 Å². The van der Waals surface area contributed by atoms with Crippen LogP contribution in [-0.4, -0.2) is 15.9 Å². The summed E-state index contributed by atoms with van der Waals surface area (Å²) in [5.74, 6) is 0.0974. The predicted molar refractivity (Wildman–Crippen MR) is 96.8 cm³/mol. The number of amides is 1. The molecule has 0 aliphatic rings. The maximum Gasteiger partial charge on any atom is 0.232 e. The summed E-state index contributed by atoms with van der Waals surface area (Å²) in [6.07, 6.45) is 4.25. The zero-order valence-electron chi connectivity index (χ0n) is 13.9. The van der Waals surface area contributed by atoms with E-state index in [0.717, 1.165) is 28.7 Å². The molecule has 0 radical (unpaired) electrons. The fraction of sp³-hybridized carbons (Fsp3) is 0.250. The minimum Gasteiger partial charge on any atom is -0.325 e. The molecule has 1 amide bonds. The number of carbonyl (C=O) groups is 1. The molecule has 0 aliphatic carbocycles. The Balaban J connectivity index is 1.87. The quantitative estimate of drug-likeness (QED) is 0.758. The first kappa shape index (κ1) is 16.1. The zero-order chi connectivity index (χ0) is 16.9. The number of benzene rings is 2. The first-order chi connectivity index (χ1) is 11.7. The molecule has 24 heavy (non-hydrogen) atoms. The van der Waals surface area contributed by atoms with Crippen molar-refractivity contribution in [3.63, 3.8) is 0 Å². The molecule has 4 heteroatoms. The minimum atomic E-state index is -0.172. The second-order valence-electron chi connectivity index (χ2n) is 6.02. The number of anilines is 1. The molecule has 2 atom stereocenters. The van der Waals surface area contributed by atoms with E-state index in [1.807, 2.05) is 48.5 Å². The van der Waals surface area contributed by atoms with Gasteiger partial charge in [-0.2, -0.15) is 0 Å². The summed E-state index contributed by atoms with van der Waals surface area (Å²) in [7, 11) is 0. The van der Waals surface area contributed by atoms with Crippen LogP contribution in [0.1, 0.15) is 31.7 Å². The monoisotopic (exact) mass is 319 g/mol. The Morgan fingerprint density at radius 2 is 1.75 bits per heavy atom. The van der Waals surface area contributed by atoms with Crippen molar-refractivity contribution < 1.29 is 4.79 Å². The molecular formula is C20H21N3O. The Morgan fingerprint density at radius 3 is 2.46 bits per heavy atom. The topological polar surface area (TPSA) is 54.9 Å². The van der Waals surface area contributed by atoms with E-state index in [1.54, 1.807) is 12.4 Å². The highest BCUT2D eigenvalue weighted by molar-refractivity contribution is 5.97. The summed E-state index contributed by atoms with van der Waals surface area (Å²) < 4.78 is 0. The largest absolute Gasteiger partial charge is 0.325 e. The molecule has 3 aromatic rings. The summed E-state index contributed by atoms with van der Waals surface area (Å²) in [6, 6.07) is 15.6. The molecule has 0 saturated carbocycles. The van der Waals surface area contributed by atoms with Crippen molar-refractivity contribution in [3.05, 3.63) is 66.5 Å². The average Bonchev–Trinajstić information content (AvgIpc) is 2.62. The van der Waals surface area contributed by atoms with Crippen molar-refractivity contribution in [2.45, 2.75) is 26.2 Å². The van der Waals surface area contributed by atoms with Gasteiger partial charge in [0, 0.05) is 18.1 Å². The molecule has 0 aliphatic heterocycles. The third-order valence-corrected chi connectivity index (χ3v) is 4.39. The number of hydrogen-bond acceptors (Lipinski definition) is 3. The second-order valence-corrected chi connectivity index (χ2v) is 6.02. The lowest BCUT2D eigenvalue weighted by Gasteiger charge is -2.22. The van der Waals surface area contributed by atoms with Crippen molar-refractivity contribution in [3.8, 4) is 0 Å². The predicted octanol–water partition coefficient (Wildman–Crippen LogP) is 4.40. The number of nitrogens with zero attached hydrogens (tertiary/aromatic N) is 2. The lowest BCUT2D eigenvalue weighted by atomic mass is 9.85. The first-order valence-electron chi connectivity index (χ1n) is 8.25. The Labute approximate surface area is 142 Å². The third-order valence-electron chi connectivity index (χ3n) is 4.39. The van der Waals surface area contributed by atoms with Crippen LogP contribution in [0, 0.1) is 5.92 Å². The summed E-state index contributed by atoms with van der Waals surface area (Å²) in [5.41, 5.74) is 3.38. The fourth-order valence-electron chi connectivity index (χ4n) is 2.90. The van der Waals surface area contributed by atoms with Gasteiger partial charge in [-0.3, -0.25) is 14.8 Å². The van der Waals surface area contributed by atoms with Crippen LogP contribution < -0.4 is 5.32 Å². The molecule has 0 fully saturated rings. The van der Waals surface area contributed by atoms with E-state index in [0.29, 0.717) is 0 Å². The van der Waals surface area contributed by atoms with Crippen molar-refractivity contribution >= 4 is 22.6 Å². The smallest absolute Gasteiger partial charge is 0.232 e. The zero-order valence-corrected chi connectivity index (χ0v) is 13.9. The molecule has 3 rings (SSSR count). The molecule has 0 saturated heterocycles. The van der Waals surface area contributed by atoms with Gasteiger partial charge in [0.25, 0.3) is 0 Å². The number of carbonyl (C=O) groups excluding carboxylic acids is 1. The van der Waals surface area contributed by atoms with Crippen molar-refractivity contribution in [1.82, 2.24) is 9.97 Å². The normalized spacial score (nSPS) is 13.4. The average molecular weight is 319 g/mol. The minimum absolute atomic E-state index is 0.0128. The van der Waals surface area contributed by atoms with Gasteiger partial charge in [0.15, 0.2) is 0 Å². The molecule has 0 spiro atoms. The van der Waals surface area contributed by atoms with Crippen molar-refractivity contribution in [2.75, 3.05) is 5.32 Å². The molecule has 2 aromatic carbocycles. The van der Waals surface area contributed by atoms with Crippen LogP contribution in [-0.2, 0) is 4.79 Å². The highest BCUT2D eigenvalue weighted by atomic mass is 16.1. The summed E-state index contributed by atoms with van der Waals surface area (Å²) >= 11 is 0. The molecule has 4 nitrogen and oxygen atoms in total. The van der Waals surface area contributed by atoms with Gasteiger partial charge < -0.3 is 5.32 Å². The SMILES string of the molecule is CCC(C)C(C(=O)Nc1ccc2nccnc2c1)c1ccccc1. The molecule has 2 unspecified atom stereocenters. The Hall–Kier alpha value is -2.75. The van der Waals surface area contributed by atoms with Gasteiger partial charge in [-0.15, -0.1) is 0 Å². The maximum atomic E-state index is 12.9. The highest BCUT2D eigenvalue weighted by Gasteiger charge is 2.25. The van der Waals surface area contributed by atoms with E-state index >= 15 is 0 Å². The molecule has 1 aromatic heterocycles. The van der Waals surface area contributed by atoms with Gasteiger partial charge in [-0.1, -0.05) is 50.6 Å². The summed E-state index contributed by atoms with van der Waals surface area (Å²) in [4.78, 5) is 21.4. The first-order valence-corrected chi connectivity index (χ1v) is 8.25. The van der Waals surface area contributed by atoms with Gasteiger partial charge in [0.1, 0.15) is 0 Å². The van der Waals surface area contributed by atoms with Gasteiger partial charge >= 0.3 is 0 Å². The van der Waals surface area contributed by atoms with Crippen LogP contribution in [0.3, 0.4) is 0 Å². The summed E-state index contributed by atoms with van der Waals surface area (Å²) in [5, 5.41) is 3.04. The number of aromatic nitrogens is 2. The highest BCUT2D eigenvalue weighted by Crippen LogP contribution is 2.28. The molecule has 0 bridgehead atoms. The van der Waals surface area contributed by atoms with Crippen molar-refractivity contribution in [2.24, 2.45) is 5.92 Å². The Kier molecular flexibility index (Phi) is 4.85. The number of rotatable bonds is 5. The maximum absolute atomic E-state index is 12.9. The van der Waals surface area contributed by atoms with Crippen LogP contribution in [0.2, 0.25) is 0 Å². The lowest BCUT2D eigenvalue weighted by molar-refractivity contribution is -0.118. The van der Waals surface area contributed by atoms with Crippen molar-refractivity contribution in [1.29, 1.82) is 0 Å². The third kappa shape index (κ3) is 3.43. The Bertz CT molecular complexity index is 832. The van der Waals surface area contributed by atoms with Crippen LogP contribution in [0.4, 0.5) is 5.69 Å². The molecule has 1 heterocycles. The second kappa shape index (κ2) is 7.21. The number of hydrogen-bond donors (Lipinski definition) is 1. The molecule has 1 N–H and O–H groups in total. The Morgan fingerprint density at radius 1 is 1.04 bits per heavy atom.